The summed E-state index contributed by atoms with van der Waals surface area (Å²) in [6.45, 7) is 3.76. The van der Waals surface area contributed by atoms with Gasteiger partial charge in [0.2, 0.25) is 5.95 Å². The largest absolute Gasteiger partial charge is 0.508 e. The van der Waals surface area contributed by atoms with Crippen LogP contribution in [0.2, 0.25) is 0 Å². The first-order valence-electron chi connectivity index (χ1n) is 9.70. The van der Waals surface area contributed by atoms with Gasteiger partial charge in [0.05, 0.1) is 17.1 Å². The molecule has 3 aromatic carbocycles. The van der Waals surface area contributed by atoms with Crippen molar-refractivity contribution in [2.45, 2.75) is 13.8 Å². The summed E-state index contributed by atoms with van der Waals surface area (Å²) in [4.78, 5) is 9.31. The van der Waals surface area contributed by atoms with E-state index >= 15 is 0 Å². The Hall–Kier alpha value is -3.99. The highest BCUT2D eigenvalue weighted by Gasteiger charge is 2.09. The second-order valence-corrected chi connectivity index (χ2v) is 7.00. The standard InChI is InChI=1S/C25H22N4O/c1-17-15-21(13-14-24(17)30)18(2)28-29-25-26-22(19-9-5-3-6-10-19)16-23(27-25)20-11-7-4-8-12-20/h3-16,30H,1-2H3,(H,26,27,29)/b28-18+. The molecule has 5 heteroatoms. The predicted molar refractivity (Wildman–Crippen MR) is 122 cm³/mol. The van der Waals surface area contributed by atoms with Gasteiger partial charge in [-0.1, -0.05) is 60.7 Å². The summed E-state index contributed by atoms with van der Waals surface area (Å²) in [5.74, 6) is 0.691. The fourth-order valence-electron chi connectivity index (χ4n) is 3.09. The topological polar surface area (TPSA) is 70.4 Å². The average Bonchev–Trinajstić information content (AvgIpc) is 2.80. The maximum atomic E-state index is 9.74. The van der Waals surface area contributed by atoms with Crippen LogP contribution in [0.25, 0.3) is 22.5 Å². The highest BCUT2D eigenvalue weighted by Crippen LogP contribution is 2.25. The van der Waals surface area contributed by atoms with Gasteiger partial charge < -0.3 is 5.11 Å². The molecule has 5 nitrogen and oxygen atoms in total. The van der Waals surface area contributed by atoms with E-state index in [2.05, 4.69) is 20.5 Å². The molecule has 0 aliphatic heterocycles. The number of aryl methyl sites for hydroxylation is 1. The summed E-state index contributed by atoms with van der Waals surface area (Å²) < 4.78 is 0. The van der Waals surface area contributed by atoms with Crippen molar-refractivity contribution in [3.8, 4) is 28.3 Å². The molecule has 0 aliphatic rings. The number of nitrogens with zero attached hydrogens (tertiary/aromatic N) is 3. The Morgan fingerprint density at radius 1 is 0.800 bits per heavy atom. The lowest BCUT2D eigenvalue weighted by atomic mass is 10.1. The van der Waals surface area contributed by atoms with Gasteiger partial charge in [0.25, 0.3) is 0 Å². The molecule has 1 heterocycles. The molecule has 0 amide bonds. The number of aromatic hydroxyl groups is 1. The lowest BCUT2D eigenvalue weighted by Crippen LogP contribution is -2.04. The minimum Gasteiger partial charge on any atom is -0.508 e. The Bertz CT molecular complexity index is 1130. The van der Waals surface area contributed by atoms with Gasteiger partial charge >= 0.3 is 0 Å². The van der Waals surface area contributed by atoms with Crippen LogP contribution in [-0.4, -0.2) is 20.8 Å². The van der Waals surface area contributed by atoms with Gasteiger partial charge in [0.1, 0.15) is 5.75 Å². The fourth-order valence-corrected chi connectivity index (χ4v) is 3.09. The van der Waals surface area contributed by atoms with Crippen molar-refractivity contribution in [1.82, 2.24) is 9.97 Å². The molecule has 0 saturated heterocycles. The second-order valence-electron chi connectivity index (χ2n) is 7.00. The van der Waals surface area contributed by atoms with Crippen molar-refractivity contribution in [2.75, 3.05) is 5.43 Å². The molecule has 4 aromatic rings. The summed E-state index contributed by atoms with van der Waals surface area (Å²) >= 11 is 0. The second kappa shape index (κ2) is 8.57. The smallest absolute Gasteiger partial charge is 0.244 e. The highest BCUT2D eigenvalue weighted by atomic mass is 16.3. The Kier molecular flexibility index (Phi) is 5.52. The first kappa shape index (κ1) is 19.3. The zero-order valence-electron chi connectivity index (χ0n) is 16.9. The van der Waals surface area contributed by atoms with Crippen LogP contribution in [0.4, 0.5) is 5.95 Å². The molecule has 1 aromatic heterocycles. The molecule has 30 heavy (non-hydrogen) atoms. The van der Waals surface area contributed by atoms with E-state index in [1.54, 1.807) is 6.07 Å². The van der Waals surface area contributed by atoms with Crippen molar-refractivity contribution >= 4 is 11.7 Å². The number of benzene rings is 3. The van der Waals surface area contributed by atoms with Gasteiger partial charge in [-0.3, -0.25) is 0 Å². The van der Waals surface area contributed by atoms with Crippen LogP contribution in [0.15, 0.2) is 90.0 Å². The molecule has 0 bridgehead atoms. The molecule has 2 N–H and O–H groups in total. The number of phenolic OH excluding ortho intramolecular Hbond substituents is 1. The van der Waals surface area contributed by atoms with Crippen LogP contribution in [0.1, 0.15) is 18.1 Å². The molecule has 148 valence electrons. The molecule has 0 unspecified atom stereocenters. The van der Waals surface area contributed by atoms with Gasteiger partial charge in [0.15, 0.2) is 0 Å². The van der Waals surface area contributed by atoms with Gasteiger partial charge in [-0.25, -0.2) is 15.4 Å². The summed E-state index contributed by atoms with van der Waals surface area (Å²) in [5.41, 5.74) is 9.15. The summed E-state index contributed by atoms with van der Waals surface area (Å²) in [5, 5.41) is 14.2. The van der Waals surface area contributed by atoms with Crippen LogP contribution in [-0.2, 0) is 0 Å². The molecule has 4 rings (SSSR count). The molecule has 0 saturated carbocycles. The Balaban J connectivity index is 1.70. The number of phenols is 1. The number of hydrazone groups is 1. The third kappa shape index (κ3) is 4.36. The molecular weight excluding hydrogens is 372 g/mol. The van der Waals surface area contributed by atoms with Gasteiger partial charge in [0, 0.05) is 11.1 Å². The van der Waals surface area contributed by atoms with E-state index in [0.717, 1.165) is 39.4 Å². The van der Waals surface area contributed by atoms with Crippen LogP contribution < -0.4 is 5.43 Å². The van der Waals surface area contributed by atoms with Crippen molar-refractivity contribution < 1.29 is 5.11 Å². The average molecular weight is 394 g/mol. The fraction of sp³-hybridized carbons (Fsp3) is 0.0800. The Morgan fingerprint density at radius 3 is 1.90 bits per heavy atom. The van der Waals surface area contributed by atoms with Crippen molar-refractivity contribution in [1.29, 1.82) is 0 Å². The van der Waals surface area contributed by atoms with Gasteiger partial charge in [-0.15, -0.1) is 0 Å². The van der Waals surface area contributed by atoms with E-state index in [-0.39, 0.29) is 5.75 Å². The zero-order valence-corrected chi connectivity index (χ0v) is 16.9. The number of hydrogen-bond donors (Lipinski definition) is 2. The van der Waals surface area contributed by atoms with E-state index in [1.165, 1.54) is 0 Å². The molecular formula is C25H22N4O. The first-order valence-corrected chi connectivity index (χ1v) is 9.70. The Labute approximate surface area is 175 Å². The van der Waals surface area contributed by atoms with E-state index < -0.39 is 0 Å². The number of nitrogens with one attached hydrogen (secondary N) is 1. The normalized spacial score (nSPS) is 11.3. The van der Waals surface area contributed by atoms with Crippen molar-refractivity contribution in [3.63, 3.8) is 0 Å². The molecule has 0 spiro atoms. The van der Waals surface area contributed by atoms with E-state index in [1.807, 2.05) is 92.7 Å². The molecule has 0 radical (unpaired) electrons. The summed E-state index contributed by atoms with van der Waals surface area (Å²) in [6.07, 6.45) is 0. The monoisotopic (exact) mass is 394 g/mol. The maximum absolute atomic E-state index is 9.74. The number of aromatic nitrogens is 2. The van der Waals surface area contributed by atoms with E-state index in [4.69, 9.17) is 0 Å². The number of rotatable bonds is 5. The zero-order chi connectivity index (χ0) is 20.9. The number of hydrogen-bond acceptors (Lipinski definition) is 5. The minimum absolute atomic E-state index is 0.269. The van der Waals surface area contributed by atoms with Crippen LogP contribution in [0.5, 0.6) is 5.75 Å². The molecule has 0 atom stereocenters. The van der Waals surface area contributed by atoms with Crippen LogP contribution in [0.3, 0.4) is 0 Å². The third-order valence-corrected chi connectivity index (χ3v) is 4.80. The highest BCUT2D eigenvalue weighted by molar-refractivity contribution is 5.99. The lowest BCUT2D eigenvalue weighted by molar-refractivity contribution is 0.471. The van der Waals surface area contributed by atoms with Crippen LogP contribution >= 0.6 is 0 Å². The van der Waals surface area contributed by atoms with Crippen LogP contribution in [0, 0.1) is 6.92 Å². The number of anilines is 1. The third-order valence-electron chi connectivity index (χ3n) is 4.80. The van der Waals surface area contributed by atoms with Gasteiger partial charge in [-0.05, 0) is 49.2 Å². The summed E-state index contributed by atoms with van der Waals surface area (Å²) in [7, 11) is 0. The van der Waals surface area contributed by atoms with E-state index in [9.17, 15) is 5.11 Å². The maximum Gasteiger partial charge on any atom is 0.244 e. The lowest BCUT2D eigenvalue weighted by Gasteiger charge is -2.09. The quantitative estimate of drug-likeness (QED) is 0.338. The van der Waals surface area contributed by atoms with Gasteiger partial charge in [-0.2, -0.15) is 5.10 Å². The predicted octanol–water partition coefficient (Wildman–Crippen LogP) is 5.66. The van der Waals surface area contributed by atoms with E-state index in [0.29, 0.717) is 5.95 Å². The van der Waals surface area contributed by atoms with Crippen molar-refractivity contribution in [3.05, 3.63) is 96.1 Å². The minimum atomic E-state index is 0.269. The first-order chi connectivity index (χ1) is 14.6. The SMILES string of the molecule is C/C(=N\Nc1nc(-c2ccccc2)cc(-c2ccccc2)n1)c1ccc(O)c(C)c1. The molecule has 0 fully saturated rings. The molecule has 0 aliphatic carbocycles. The van der Waals surface area contributed by atoms with Crippen molar-refractivity contribution in [2.24, 2.45) is 5.10 Å². The summed E-state index contributed by atoms with van der Waals surface area (Å²) in [6, 6.07) is 27.4. The Morgan fingerprint density at radius 2 is 1.37 bits per heavy atom.